The lowest BCUT2D eigenvalue weighted by atomic mass is 10.2. The van der Waals surface area contributed by atoms with E-state index in [1.807, 2.05) is 23.8 Å². The van der Waals surface area contributed by atoms with Gasteiger partial charge in [-0.05, 0) is 25.0 Å². The third kappa shape index (κ3) is 4.45. The van der Waals surface area contributed by atoms with E-state index in [1.165, 1.54) is 11.3 Å². The van der Waals surface area contributed by atoms with Crippen molar-refractivity contribution in [3.05, 3.63) is 40.1 Å². The number of amides is 1. The molecule has 0 aliphatic rings. The molecule has 2 aromatic heterocycles. The number of nitrogens with one attached hydrogen (secondary N) is 1. The number of rotatable bonds is 5. The van der Waals surface area contributed by atoms with Gasteiger partial charge < -0.3 is 15.6 Å². The molecule has 2 aromatic rings. The Morgan fingerprint density at radius 1 is 1.57 bits per heavy atom. The predicted octanol–water partition coefficient (Wildman–Crippen LogP) is 1.38. The molecule has 0 aliphatic heterocycles. The second-order valence-electron chi connectivity index (χ2n) is 4.54. The van der Waals surface area contributed by atoms with Gasteiger partial charge in [0.2, 0.25) is 0 Å². The van der Waals surface area contributed by atoms with Gasteiger partial charge in [-0.3, -0.25) is 4.79 Å². The van der Waals surface area contributed by atoms with E-state index in [-0.39, 0.29) is 5.91 Å². The van der Waals surface area contributed by atoms with Crippen molar-refractivity contribution in [3.63, 3.8) is 0 Å². The highest BCUT2D eigenvalue weighted by atomic mass is 32.1. The van der Waals surface area contributed by atoms with E-state index in [1.54, 1.807) is 12.5 Å². The van der Waals surface area contributed by atoms with Crippen LogP contribution in [0.4, 0.5) is 0 Å². The summed E-state index contributed by atoms with van der Waals surface area (Å²) in [5, 5.41) is 2.92. The van der Waals surface area contributed by atoms with Gasteiger partial charge in [-0.25, -0.2) is 4.98 Å². The van der Waals surface area contributed by atoms with Crippen LogP contribution in [0, 0.1) is 18.8 Å². The first kappa shape index (κ1) is 15.3. The number of aromatic nitrogens is 2. The number of carbonyl (C=O) groups is 1. The molecule has 2 rings (SSSR count). The largest absolute Gasteiger partial charge is 0.351 e. The molecule has 0 bridgehead atoms. The summed E-state index contributed by atoms with van der Waals surface area (Å²) in [6.07, 6.45) is 6.29. The van der Waals surface area contributed by atoms with Gasteiger partial charge in [0.1, 0.15) is 0 Å². The van der Waals surface area contributed by atoms with Gasteiger partial charge in [0.25, 0.3) is 5.91 Å². The molecule has 0 unspecified atom stereocenters. The van der Waals surface area contributed by atoms with E-state index in [4.69, 9.17) is 5.73 Å². The number of thiophene rings is 1. The van der Waals surface area contributed by atoms with E-state index in [2.05, 4.69) is 22.1 Å². The zero-order chi connectivity index (χ0) is 15.1. The highest BCUT2D eigenvalue weighted by Gasteiger charge is 2.10. The van der Waals surface area contributed by atoms with Crippen LogP contribution in [0.5, 0.6) is 0 Å². The second-order valence-corrected chi connectivity index (χ2v) is 5.59. The van der Waals surface area contributed by atoms with Crippen molar-refractivity contribution in [2.45, 2.75) is 19.9 Å². The topological polar surface area (TPSA) is 72.9 Å². The molecule has 0 radical (unpaired) electrons. The van der Waals surface area contributed by atoms with Crippen molar-refractivity contribution in [2.24, 2.45) is 5.73 Å². The van der Waals surface area contributed by atoms with Crippen LogP contribution >= 0.6 is 11.3 Å². The molecule has 0 aliphatic carbocycles. The van der Waals surface area contributed by atoms with Crippen molar-refractivity contribution in [1.29, 1.82) is 0 Å². The molecule has 0 saturated heterocycles. The van der Waals surface area contributed by atoms with Crippen LogP contribution in [0.1, 0.15) is 26.5 Å². The van der Waals surface area contributed by atoms with Crippen LogP contribution in [0.25, 0.3) is 0 Å². The predicted molar refractivity (Wildman–Crippen MR) is 84.2 cm³/mol. The van der Waals surface area contributed by atoms with E-state index in [0.29, 0.717) is 18.0 Å². The summed E-state index contributed by atoms with van der Waals surface area (Å²) in [6.45, 7) is 3.76. The number of nitrogens with zero attached hydrogens (tertiary/aromatic N) is 2. The van der Waals surface area contributed by atoms with Crippen molar-refractivity contribution in [2.75, 3.05) is 13.1 Å². The Kier molecular flexibility index (Phi) is 5.55. The number of nitrogens with two attached hydrogens (primary N) is 1. The Bertz CT molecular complexity index is 649. The summed E-state index contributed by atoms with van der Waals surface area (Å²) in [5.41, 5.74) is 6.38. The van der Waals surface area contributed by atoms with Crippen LogP contribution in [0.15, 0.2) is 24.8 Å². The molecule has 5 nitrogen and oxygen atoms in total. The fourth-order valence-corrected chi connectivity index (χ4v) is 2.78. The molecule has 3 N–H and O–H groups in total. The van der Waals surface area contributed by atoms with E-state index >= 15 is 0 Å². The lowest BCUT2D eigenvalue weighted by Gasteiger charge is -2.04. The smallest absolute Gasteiger partial charge is 0.261 e. The quantitative estimate of drug-likeness (QED) is 0.647. The summed E-state index contributed by atoms with van der Waals surface area (Å²) in [5.74, 6) is 5.75. The normalized spacial score (nSPS) is 10.0. The van der Waals surface area contributed by atoms with Gasteiger partial charge >= 0.3 is 0 Å². The summed E-state index contributed by atoms with van der Waals surface area (Å²) in [6, 6.07) is 1.87. The lowest BCUT2D eigenvalue weighted by Crippen LogP contribution is -2.24. The Morgan fingerprint density at radius 3 is 3.14 bits per heavy atom. The van der Waals surface area contributed by atoms with Crippen LogP contribution in [-0.2, 0) is 6.54 Å². The third-order valence-electron chi connectivity index (χ3n) is 2.88. The van der Waals surface area contributed by atoms with Gasteiger partial charge in [0, 0.05) is 25.5 Å². The molecule has 0 saturated carbocycles. The maximum Gasteiger partial charge on any atom is 0.261 e. The van der Waals surface area contributed by atoms with Crippen molar-refractivity contribution in [3.8, 4) is 11.8 Å². The summed E-state index contributed by atoms with van der Waals surface area (Å²) in [7, 11) is 0. The van der Waals surface area contributed by atoms with Crippen molar-refractivity contribution in [1.82, 2.24) is 14.9 Å². The Balaban J connectivity index is 1.83. The first-order valence-corrected chi connectivity index (χ1v) is 7.55. The molecular weight excluding hydrogens is 284 g/mol. The SMILES string of the molecule is Cc1cc(C(=O)NCCCn2ccnc2)sc1C#CCN. The Morgan fingerprint density at radius 2 is 2.43 bits per heavy atom. The molecule has 110 valence electrons. The molecular formula is C15H18N4OS. The van der Waals surface area contributed by atoms with Crippen LogP contribution < -0.4 is 11.1 Å². The fourth-order valence-electron chi connectivity index (χ4n) is 1.82. The van der Waals surface area contributed by atoms with Crippen molar-refractivity contribution < 1.29 is 4.79 Å². The molecule has 6 heteroatoms. The maximum absolute atomic E-state index is 12.1. The highest BCUT2D eigenvalue weighted by Crippen LogP contribution is 2.20. The lowest BCUT2D eigenvalue weighted by molar-refractivity contribution is 0.0956. The monoisotopic (exact) mass is 302 g/mol. The average molecular weight is 302 g/mol. The maximum atomic E-state index is 12.1. The van der Waals surface area contributed by atoms with Crippen LogP contribution in [0.2, 0.25) is 0 Å². The minimum absolute atomic E-state index is 0.0467. The van der Waals surface area contributed by atoms with Gasteiger partial charge in [-0.2, -0.15) is 0 Å². The van der Waals surface area contributed by atoms with Gasteiger partial charge in [0.15, 0.2) is 0 Å². The summed E-state index contributed by atoms with van der Waals surface area (Å²) >= 11 is 1.41. The molecule has 1 amide bonds. The number of hydrogen-bond donors (Lipinski definition) is 2. The summed E-state index contributed by atoms with van der Waals surface area (Å²) in [4.78, 5) is 17.6. The van der Waals surface area contributed by atoms with Crippen LogP contribution in [-0.4, -0.2) is 28.5 Å². The molecule has 21 heavy (non-hydrogen) atoms. The zero-order valence-corrected chi connectivity index (χ0v) is 12.7. The highest BCUT2D eigenvalue weighted by molar-refractivity contribution is 7.14. The zero-order valence-electron chi connectivity index (χ0n) is 11.9. The first-order valence-electron chi connectivity index (χ1n) is 6.74. The fraction of sp³-hybridized carbons (Fsp3) is 0.333. The van der Waals surface area contributed by atoms with Gasteiger partial charge in [-0.1, -0.05) is 11.8 Å². The minimum Gasteiger partial charge on any atom is -0.351 e. The van der Waals surface area contributed by atoms with Crippen molar-refractivity contribution >= 4 is 17.2 Å². The van der Waals surface area contributed by atoms with Gasteiger partial charge in [-0.15, -0.1) is 11.3 Å². The minimum atomic E-state index is -0.0467. The molecule has 0 fully saturated rings. The molecule has 0 spiro atoms. The standard InChI is InChI=1S/C15H18N4OS/c1-12-10-14(21-13(12)4-2-5-16)15(20)18-6-3-8-19-9-7-17-11-19/h7,9-11H,3,5-6,8,16H2,1H3,(H,18,20). The second kappa shape index (κ2) is 7.62. The van der Waals surface area contributed by atoms with Gasteiger partial charge in [0.05, 0.1) is 22.6 Å². The van der Waals surface area contributed by atoms with E-state index in [9.17, 15) is 4.79 Å². The Hall–Kier alpha value is -2.10. The number of imidazole rings is 1. The first-order chi connectivity index (χ1) is 10.2. The number of hydrogen-bond acceptors (Lipinski definition) is 4. The molecule has 0 aromatic carbocycles. The average Bonchev–Trinajstić information content (AvgIpc) is 3.11. The Labute approximate surface area is 128 Å². The molecule has 2 heterocycles. The summed E-state index contributed by atoms with van der Waals surface area (Å²) < 4.78 is 1.99. The van der Waals surface area contributed by atoms with E-state index in [0.717, 1.165) is 23.4 Å². The van der Waals surface area contributed by atoms with Crippen LogP contribution in [0.3, 0.4) is 0 Å². The third-order valence-corrected chi connectivity index (χ3v) is 4.03. The molecule has 0 atom stereocenters. The number of carbonyl (C=O) groups excluding carboxylic acids is 1. The van der Waals surface area contributed by atoms with E-state index < -0.39 is 0 Å². The number of aryl methyl sites for hydroxylation is 2.